The number of carbonyl (C=O) groups excluding carboxylic acids is 1. The van der Waals surface area contributed by atoms with Crippen LogP contribution in [0, 0.1) is 0 Å². The van der Waals surface area contributed by atoms with Gasteiger partial charge in [0.05, 0.1) is 25.5 Å². The summed E-state index contributed by atoms with van der Waals surface area (Å²) in [5, 5.41) is 4.79. The minimum Gasteiger partial charge on any atom is -0.497 e. The highest BCUT2D eigenvalue weighted by Gasteiger charge is 2.13. The molecule has 0 aliphatic heterocycles. The predicted molar refractivity (Wildman–Crippen MR) is 126 cm³/mol. The van der Waals surface area contributed by atoms with E-state index in [4.69, 9.17) is 9.47 Å². The molecule has 0 saturated carbocycles. The topological polar surface area (TPSA) is 76.6 Å². The monoisotopic (exact) mass is 440 g/mol. The number of methoxy groups -OCH3 is 2. The Morgan fingerprint density at radius 3 is 2.48 bits per heavy atom. The summed E-state index contributed by atoms with van der Waals surface area (Å²) < 4.78 is 10.7. The van der Waals surface area contributed by atoms with E-state index in [2.05, 4.69) is 22.2 Å². The minimum absolute atomic E-state index is 0.0715. The molecule has 8 heteroatoms. The second kappa shape index (κ2) is 10.9. The molecule has 0 aliphatic carbocycles. The van der Waals surface area contributed by atoms with Crippen molar-refractivity contribution in [2.75, 3.05) is 38.9 Å². The number of aromatic nitrogens is 2. The molecule has 0 aliphatic rings. The van der Waals surface area contributed by atoms with Crippen molar-refractivity contribution in [3.63, 3.8) is 0 Å². The zero-order valence-corrected chi connectivity index (χ0v) is 19.2. The van der Waals surface area contributed by atoms with Gasteiger partial charge in [0, 0.05) is 42.9 Å². The molecule has 1 aromatic heterocycles. The van der Waals surface area contributed by atoms with Crippen molar-refractivity contribution in [2.45, 2.75) is 24.9 Å². The summed E-state index contributed by atoms with van der Waals surface area (Å²) in [6.45, 7) is 2.88. The highest BCUT2D eigenvalue weighted by Crippen LogP contribution is 2.31. The summed E-state index contributed by atoms with van der Waals surface area (Å²) in [4.78, 5) is 23.5. The number of hydrogen-bond acceptors (Lipinski definition) is 7. The van der Waals surface area contributed by atoms with Crippen LogP contribution in [0.15, 0.2) is 47.6 Å². The number of carbonyl (C=O) groups is 1. The summed E-state index contributed by atoms with van der Waals surface area (Å²) in [7, 11) is 5.06. The zero-order valence-electron chi connectivity index (χ0n) is 18.3. The number of nitrogens with zero attached hydrogens (tertiary/aromatic N) is 3. The molecule has 7 nitrogen and oxygen atoms in total. The highest BCUT2D eigenvalue weighted by molar-refractivity contribution is 7.99. The maximum absolute atomic E-state index is 12.4. The van der Waals surface area contributed by atoms with Crippen LogP contribution in [0.5, 0.6) is 11.5 Å². The molecule has 0 unspecified atom stereocenters. The number of rotatable bonds is 10. The fraction of sp³-hybridized carbons (Fsp3) is 0.348. The van der Waals surface area contributed by atoms with Crippen LogP contribution in [0.25, 0.3) is 10.9 Å². The number of ether oxygens (including phenoxy) is 2. The molecule has 1 heterocycles. The van der Waals surface area contributed by atoms with E-state index >= 15 is 0 Å². The van der Waals surface area contributed by atoms with E-state index in [1.54, 1.807) is 19.1 Å². The molecule has 0 atom stereocenters. The fourth-order valence-corrected chi connectivity index (χ4v) is 3.78. The quantitative estimate of drug-likeness (QED) is 0.360. The smallest absolute Gasteiger partial charge is 0.232 e. The average Bonchev–Trinajstić information content (AvgIpc) is 2.80. The Morgan fingerprint density at radius 2 is 1.81 bits per heavy atom. The SMILES string of the molecule is CCCCN(C)C(=O)CSc1nc(Nc2cc(OC)cc(OC)c2)c2ccccc2n1. The lowest BCUT2D eigenvalue weighted by Crippen LogP contribution is -2.29. The molecule has 0 radical (unpaired) electrons. The number of amides is 1. The number of anilines is 2. The van der Waals surface area contributed by atoms with Crippen molar-refractivity contribution >= 4 is 40.1 Å². The normalized spacial score (nSPS) is 10.7. The molecule has 31 heavy (non-hydrogen) atoms. The molecule has 1 amide bonds. The van der Waals surface area contributed by atoms with Gasteiger partial charge in [-0.05, 0) is 18.6 Å². The summed E-state index contributed by atoms with van der Waals surface area (Å²) in [6.07, 6.45) is 2.06. The Kier molecular flexibility index (Phi) is 7.94. The number of benzene rings is 2. The molecular weight excluding hydrogens is 412 g/mol. The van der Waals surface area contributed by atoms with E-state index in [1.165, 1.54) is 11.8 Å². The number of unbranched alkanes of at least 4 members (excludes halogenated alkanes) is 1. The summed E-state index contributed by atoms with van der Waals surface area (Å²) in [5.74, 6) is 2.38. The predicted octanol–water partition coefficient (Wildman–Crippen LogP) is 4.74. The van der Waals surface area contributed by atoms with E-state index in [-0.39, 0.29) is 5.91 Å². The van der Waals surface area contributed by atoms with Gasteiger partial charge in [-0.1, -0.05) is 37.2 Å². The largest absolute Gasteiger partial charge is 0.497 e. The second-order valence-corrected chi connectivity index (χ2v) is 8.00. The standard InChI is InChI=1S/C23H28N4O3S/c1-5-6-11-27(2)21(28)15-31-23-25-20-10-8-7-9-19(20)22(26-23)24-16-12-17(29-3)14-18(13-16)30-4/h7-10,12-14H,5-6,11,15H2,1-4H3,(H,24,25,26). The van der Waals surface area contributed by atoms with E-state index in [1.807, 2.05) is 49.5 Å². The number of thioether (sulfide) groups is 1. The van der Waals surface area contributed by atoms with Gasteiger partial charge in [0.2, 0.25) is 5.91 Å². The van der Waals surface area contributed by atoms with Gasteiger partial charge < -0.3 is 19.7 Å². The van der Waals surface area contributed by atoms with Gasteiger partial charge in [0.1, 0.15) is 17.3 Å². The van der Waals surface area contributed by atoms with Crippen LogP contribution in [0.4, 0.5) is 11.5 Å². The first-order valence-electron chi connectivity index (χ1n) is 10.2. The molecule has 0 bridgehead atoms. The molecule has 0 saturated heterocycles. The Morgan fingerprint density at radius 1 is 1.10 bits per heavy atom. The Bertz CT molecular complexity index is 1020. The van der Waals surface area contributed by atoms with Crippen LogP contribution in [-0.2, 0) is 4.79 Å². The van der Waals surface area contributed by atoms with Gasteiger partial charge in [0.25, 0.3) is 0 Å². The van der Waals surface area contributed by atoms with Gasteiger partial charge in [0.15, 0.2) is 5.16 Å². The number of hydrogen-bond donors (Lipinski definition) is 1. The first kappa shape index (κ1) is 22.7. The Balaban J connectivity index is 1.85. The van der Waals surface area contributed by atoms with E-state index in [0.717, 1.165) is 36.0 Å². The van der Waals surface area contributed by atoms with Crippen molar-refractivity contribution < 1.29 is 14.3 Å². The molecule has 0 spiro atoms. The van der Waals surface area contributed by atoms with Crippen molar-refractivity contribution in [2.24, 2.45) is 0 Å². The Hall–Kier alpha value is -3.00. The van der Waals surface area contributed by atoms with Gasteiger partial charge >= 0.3 is 0 Å². The second-order valence-electron chi connectivity index (χ2n) is 7.06. The lowest BCUT2D eigenvalue weighted by Gasteiger charge is -2.16. The fourth-order valence-electron chi connectivity index (χ4n) is 2.99. The first-order chi connectivity index (χ1) is 15.0. The molecule has 3 aromatic rings. The van der Waals surface area contributed by atoms with Crippen LogP contribution in [0.2, 0.25) is 0 Å². The maximum atomic E-state index is 12.4. The number of fused-ring (bicyclic) bond motifs is 1. The van der Waals surface area contributed by atoms with Crippen LogP contribution in [0.1, 0.15) is 19.8 Å². The van der Waals surface area contributed by atoms with E-state index < -0.39 is 0 Å². The van der Waals surface area contributed by atoms with Crippen molar-refractivity contribution in [3.05, 3.63) is 42.5 Å². The third kappa shape index (κ3) is 6.01. The van der Waals surface area contributed by atoms with Crippen LogP contribution >= 0.6 is 11.8 Å². The van der Waals surface area contributed by atoms with Gasteiger partial charge in [-0.2, -0.15) is 0 Å². The van der Waals surface area contributed by atoms with Crippen LogP contribution in [0.3, 0.4) is 0 Å². The molecular formula is C23H28N4O3S. The molecule has 164 valence electrons. The minimum atomic E-state index is 0.0715. The van der Waals surface area contributed by atoms with Gasteiger partial charge in [-0.15, -0.1) is 0 Å². The lowest BCUT2D eigenvalue weighted by atomic mass is 10.2. The van der Waals surface area contributed by atoms with Crippen molar-refractivity contribution in [3.8, 4) is 11.5 Å². The van der Waals surface area contributed by atoms with Gasteiger partial charge in [-0.25, -0.2) is 9.97 Å². The summed E-state index contributed by atoms with van der Waals surface area (Å²) in [5.41, 5.74) is 1.59. The average molecular weight is 441 g/mol. The van der Waals surface area contributed by atoms with E-state index in [9.17, 15) is 4.79 Å². The van der Waals surface area contributed by atoms with Crippen LogP contribution in [-0.4, -0.2) is 54.3 Å². The van der Waals surface area contributed by atoms with E-state index in [0.29, 0.717) is 28.2 Å². The summed E-state index contributed by atoms with van der Waals surface area (Å²) in [6, 6.07) is 13.3. The molecule has 3 rings (SSSR count). The molecule has 2 aromatic carbocycles. The first-order valence-corrected chi connectivity index (χ1v) is 11.2. The van der Waals surface area contributed by atoms with Crippen LogP contribution < -0.4 is 14.8 Å². The maximum Gasteiger partial charge on any atom is 0.232 e. The zero-order chi connectivity index (χ0) is 22.2. The number of nitrogens with one attached hydrogen (secondary N) is 1. The van der Waals surface area contributed by atoms with Gasteiger partial charge in [-0.3, -0.25) is 4.79 Å². The highest BCUT2D eigenvalue weighted by atomic mass is 32.2. The summed E-state index contributed by atoms with van der Waals surface area (Å²) >= 11 is 1.34. The van der Waals surface area contributed by atoms with Crippen molar-refractivity contribution in [1.82, 2.24) is 14.9 Å². The number of para-hydroxylation sites is 1. The third-order valence-corrected chi connectivity index (χ3v) is 5.63. The molecule has 1 N–H and O–H groups in total. The third-order valence-electron chi connectivity index (χ3n) is 4.79. The molecule has 0 fully saturated rings. The Labute approximate surface area is 187 Å². The lowest BCUT2D eigenvalue weighted by molar-refractivity contribution is -0.127. The van der Waals surface area contributed by atoms with Crippen molar-refractivity contribution in [1.29, 1.82) is 0 Å².